The summed E-state index contributed by atoms with van der Waals surface area (Å²) in [7, 11) is 1.62. The molecule has 1 aliphatic rings. The number of aryl methyl sites for hydroxylation is 3. The van der Waals surface area contributed by atoms with E-state index in [0.29, 0.717) is 71.2 Å². The topological polar surface area (TPSA) is 181 Å². The molecule has 50 heavy (non-hydrogen) atoms. The Balaban J connectivity index is 1.16. The number of primary amides is 1. The molecule has 4 heterocycles. The average Bonchev–Trinajstić information content (AvgIpc) is 3.80. The highest BCUT2D eigenvalue weighted by Gasteiger charge is 2.30. The summed E-state index contributed by atoms with van der Waals surface area (Å²) >= 11 is 1.38. The lowest BCUT2D eigenvalue weighted by Gasteiger charge is -2.27. The molecule has 1 unspecified atom stereocenters. The Kier molecular flexibility index (Phi) is 9.91. The Bertz CT molecular complexity index is 2090. The fraction of sp³-hybridized carbons (Fsp3) is 0.389. The molecule has 5 aromatic rings. The molecule has 1 aliphatic heterocycles. The van der Waals surface area contributed by atoms with Gasteiger partial charge in [0.15, 0.2) is 5.78 Å². The Hall–Kier alpha value is -5.24. The van der Waals surface area contributed by atoms with Crippen molar-refractivity contribution in [2.45, 2.75) is 71.9 Å². The van der Waals surface area contributed by atoms with E-state index in [4.69, 9.17) is 15.2 Å². The van der Waals surface area contributed by atoms with Crippen molar-refractivity contribution in [1.29, 1.82) is 0 Å². The monoisotopic (exact) mass is 700 g/mol. The third kappa shape index (κ3) is 6.79. The molecule has 6 rings (SSSR count). The minimum Gasteiger partial charge on any atom is -0.496 e. The van der Waals surface area contributed by atoms with Crippen LogP contribution in [-0.4, -0.2) is 61.7 Å². The molecule has 2 amide bonds. The minimum atomic E-state index is -1.00. The molecule has 0 saturated carbocycles. The van der Waals surface area contributed by atoms with E-state index in [2.05, 4.69) is 15.4 Å². The Labute approximate surface area is 292 Å². The van der Waals surface area contributed by atoms with Gasteiger partial charge in [-0.2, -0.15) is 5.10 Å². The number of thiophene rings is 1. The van der Waals surface area contributed by atoms with Crippen LogP contribution in [0, 0.1) is 12.8 Å². The first-order chi connectivity index (χ1) is 24.0. The van der Waals surface area contributed by atoms with Crippen molar-refractivity contribution >= 4 is 62.0 Å². The normalized spacial score (nSPS) is 14.4. The molecule has 0 radical (unpaired) electrons. The number of carbonyl (C=O) groups is 4. The van der Waals surface area contributed by atoms with Gasteiger partial charge in [0.05, 0.1) is 35.2 Å². The van der Waals surface area contributed by atoms with Gasteiger partial charge in [-0.25, -0.2) is 4.98 Å². The van der Waals surface area contributed by atoms with E-state index in [9.17, 15) is 24.3 Å². The van der Waals surface area contributed by atoms with Crippen molar-refractivity contribution in [3.05, 3.63) is 63.8 Å². The second kappa shape index (κ2) is 14.3. The van der Waals surface area contributed by atoms with Crippen molar-refractivity contribution < 1.29 is 33.8 Å². The first-order valence-corrected chi connectivity index (χ1v) is 17.5. The molecule has 14 heteroatoms. The zero-order valence-electron chi connectivity index (χ0n) is 28.4. The van der Waals surface area contributed by atoms with Gasteiger partial charge in [-0.05, 0) is 80.5 Å². The van der Waals surface area contributed by atoms with Gasteiger partial charge >= 0.3 is 5.97 Å². The molecule has 0 fully saturated rings. The number of nitrogens with one attached hydrogen (secondary N) is 1. The van der Waals surface area contributed by atoms with Crippen LogP contribution in [0.2, 0.25) is 0 Å². The highest BCUT2D eigenvalue weighted by molar-refractivity contribution is 7.20. The van der Waals surface area contributed by atoms with Crippen LogP contribution in [0.4, 0.5) is 5.95 Å². The highest BCUT2D eigenvalue weighted by atomic mass is 32.1. The van der Waals surface area contributed by atoms with Crippen molar-refractivity contribution in [3.63, 3.8) is 0 Å². The molecule has 2 atom stereocenters. The van der Waals surface area contributed by atoms with E-state index in [-0.39, 0.29) is 36.3 Å². The maximum absolute atomic E-state index is 13.4. The van der Waals surface area contributed by atoms with Crippen LogP contribution in [-0.2, 0) is 17.8 Å². The van der Waals surface area contributed by atoms with Gasteiger partial charge in [0.1, 0.15) is 29.3 Å². The number of carboxylic acid groups (broad SMARTS) is 1. The van der Waals surface area contributed by atoms with E-state index in [1.807, 2.05) is 43.5 Å². The number of rotatable bonds is 15. The summed E-state index contributed by atoms with van der Waals surface area (Å²) < 4.78 is 16.1. The second-order valence-corrected chi connectivity index (χ2v) is 13.6. The maximum atomic E-state index is 13.4. The average molecular weight is 701 g/mol. The molecule has 262 valence electrons. The number of carbonyl (C=O) groups excluding carboxylic acids is 3. The smallest absolute Gasteiger partial charge is 0.306 e. The summed E-state index contributed by atoms with van der Waals surface area (Å²) in [4.78, 5) is 56.2. The highest BCUT2D eigenvalue weighted by Crippen LogP contribution is 2.39. The van der Waals surface area contributed by atoms with Crippen LogP contribution in [0.1, 0.15) is 93.8 Å². The number of amides is 2. The Morgan fingerprint density at radius 2 is 1.94 bits per heavy atom. The van der Waals surface area contributed by atoms with E-state index in [1.54, 1.807) is 30.0 Å². The minimum absolute atomic E-state index is 0.0891. The fourth-order valence-electron chi connectivity index (χ4n) is 6.62. The lowest BCUT2D eigenvalue weighted by molar-refractivity contribution is -0.141. The number of benzene rings is 2. The number of imidazole rings is 1. The van der Waals surface area contributed by atoms with Gasteiger partial charge in [0.25, 0.3) is 5.91 Å². The quantitative estimate of drug-likeness (QED) is 0.0851. The summed E-state index contributed by atoms with van der Waals surface area (Å²) in [6, 6.07) is 10.4. The second-order valence-electron chi connectivity index (χ2n) is 12.5. The summed E-state index contributed by atoms with van der Waals surface area (Å²) in [5.74, 6) is -1.52. The van der Waals surface area contributed by atoms with Crippen LogP contribution in [0.5, 0.6) is 11.5 Å². The number of unbranched alkanes of at least 4 members (excludes halogenated alkanes) is 1. The number of hydrogen-bond acceptors (Lipinski definition) is 9. The maximum Gasteiger partial charge on any atom is 0.306 e. The van der Waals surface area contributed by atoms with E-state index >= 15 is 0 Å². The van der Waals surface area contributed by atoms with Gasteiger partial charge in [-0.3, -0.25) is 29.2 Å². The number of ether oxygens (including phenoxy) is 2. The summed E-state index contributed by atoms with van der Waals surface area (Å²) in [6.45, 7) is 6.51. The van der Waals surface area contributed by atoms with Crippen LogP contribution in [0.3, 0.4) is 0 Å². The fourth-order valence-corrected chi connectivity index (χ4v) is 7.67. The molecule has 4 N–H and O–H groups in total. The van der Waals surface area contributed by atoms with E-state index < -0.39 is 17.8 Å². The van der Waals surface area contributed by atoms with Crippen molar-refractivity contribution in [1.82, 2.24) is 19.3 Å². The number of methoxy groups -OCH3 is 1. The zero-order valence-corrected chi connectivity index (χ0v) is 29.3. The van der Waals surface area contributed by atoms with Crippen LogP contribution < -0.4 is 20.5 Å². The summed E-state index contributed by atoms with van der Waals surface area (Å²) in [5, 5.41) is 18.2. The Morgan fingerprint density at radius 3 is 2.64 bits per heavy atom. The van der Waals surface area contributed by atoms with Crippen molar-refractivity contribution in [3.8, 4) is 11.5 Å². The van der Waals surface area contributed by atoms with Crippen molar-refractivity contribution in [2.75, 3.05) is 19.0 Å². The number of hydrogen-bond donors (Lipinski definition) is 3. The number of nitrogens with zero attached hydrogens (tertiary/aromatic N) is 4. The van der Waals surface area contributed by atoms with Gasteiger partial charge in [0, 0.05) is 23.2 Å². The molecule has 13 nitrogen and oxygen atoms in total. The van der Waals surface area contributed by atoms with Crippen molar-refractivity contribution in [2.24, 2.45) is 11.7 Å². The molecule has 0 spiro atoms. The van der Waals surface area contributed by atoms with Gasteiger partial charge in [-0.15, -0.1) is 11.3 Å². The Morgan fingerprint density at radius 1 is 1.14 bits per heavy atom. The number of ketones is 1. The molecule has 0 aliphatic carbocycles. The molecular formula is C36H40N6O7S. The lowest BCUT2D eigenvalue weighted by Crippen LogP contribution is -2.26. The molecule has 3 aromatic heterocycles. The largest absolute Gasteiger partial charge is 0.496 e. The molecular weight excluding hydrogens is 660 g/mol. The number of carboxylic acids is 1. The van der Waals surface area contributed by atoms with Crippen LogP contribution in [0.15, 0.2) is 36.4 Å². The SMILES string of the molecule is CCc1cc2sc(C(=O)CC(CCCC[C@H]3COc4cc(C(N)=O)cc5nc(NC(=O)c6cc(C)nn6CC)n3c45)C(=O)O)cc2cc1OC. The predicted molar refractivity (Wildman–Crippen MR) is 190 cm³/mol. The third-order valence-corrected chi connectivity index (χ3v) is 10.3. The van der Waals surface area contributed by atoms with Gasteiger partial charge in [-0.1, -0.05) is 19.8 Å². The lowest BCUT2D eigenvalue weighted by atomic mass is 9.94. The number of aliphatic carboxylic acids is 1. The number of nitrogens with two attached hydrogens (primary N) is 1. The summed E-state index contributed by atoms with van der Waals surface area (Å²) in [6.07, 6.45) is 2.83. The number of anilines is 1. The number of aromatic nitrogens is 4. The molecule has 0 saturated heterocycles. The third-order valence-electron chi connectivity index (χ3n) is 9.19. The number of fused-ring (bicyclic) bond motifs is 1. The summed E-state index contributed by atoms with van der Waals surface area (Å²) in [5.41, 5.74) is 9.03. The van der Waals surface area contributed by atoms with Gasteiger partial charge in [0.2, 0.25) is 11.9 Å². The van der Waals surface area contributed by atoms with Crippen LogP contribution >= 0.6 is 11.3 Å². The van der Waals surface area contributed by atoms with E-state index in [1.165, 1.54) is 11.3 Å². The number of Topliss-reactive ketones (excluding diaryl/α,β-unsaturated/α-hetero) is 1. The van der Waals surface area contributed by atoms with Crippen LogP contribution in [0.25, 0.3) is 21.1 Å². The predicted octanol–water partition coefficient (Wildman–Crippen LogP) is 6.17. The molecule has 0 bridgehead atoms. The zero-order chi connectivity index (χ0) is 35.7. The van der Waals surface area contributed by atoms with E-state index in [0.717, 1.165) is 27.8 Å². The van der Waals surface area contributed by atoms with Gasteiger partial charge < -0.3 is 24.9 Å². The standard InChI is InChI=1S/C36H40N6O7S/c1-5-20-16-30-22(14-28(20)48-4)17-31(50-30)27(43)13-21(35(46)47)9-7-8-10-24-18-49-29-15-23(33(37)44)12-25-32(29)42(24)36(38-25)39-34(45)26-11-19(3)40-41(26)6-2/h11-12,14-17,21,24H,5-10,13,18H2,1-4H3,(H2,37,44)(H,46,47)(H,38,39,45)/t21?,24-/m0/s1. The first kappa shape index (κ1) is 34.6. The molecule has 2 aromatic carbocycles. The first-order valence-electron chi connectivity index (χ1n) is 16.7.